The third-order valence-corrected chi connectivity index (χ3v) is 8.57. The first-order valence-corrected chi connectivity index (χ1v) is 14.9. The fourth-order valence-electron chi connectivity index (χ4n) is 6.45. The Bertz CT molecular complexity index is 2400. The fraction of sp³-hybridized carbons (Fsp3) is 0.0256. The molecule has 1 unspecified atom stereocenters. The summed E-state index contributed by atoms with van der Waals surface area (Å²) in [4.78, 5) is 10.1. The van der Waals surface area contributed by atoms with Crippen LogP contribution in [-0.4, -0.2) is 16.2 Å². The summed E-state index contributed by atoms with van der Waals surface area (Å²) < 4.78 is 8.60. The van der Waals surface area contributed by atoms with E-state index in [1.807, 2.05) is 24.3 Å². The predicted octanol–water partition coefficient (Wildman–Crippen LogP) is 8.15. The minimum Gasteiger partial charge on any atom is -0.456 e. The number of nitrogens with zero attached hydrogens (tertiary/aromatic N) is 3. The second-order valence-electron chi connectivity index (χ2n) is 11.2. The highest BCUT2D eigenvalue weighted by molar-refractivity contribution is 6.17. The van der Waals surface area contributed by atoms with Crippen LogP contribution in [0.2, 0.25) is 0 Å². The molecule has 0 bridgehead atoms. The van der Waals surface area contributed by atoms with Crippen molar-refractivity contribution in [3.63, 3.8) is 0 Å². The van der Waals surface area contributed by atoms with E-state index >= 15 is 0 Å². The summed E-state index contributed by atoms with van der Waals surface area (Å²) in [6, 6.07) is 50.7. The number of aromatic nitrogens is 1. The van der Waals surface area contributed by atoms with Crippen molar-refractivity contribution in [2.24, 2.45) is 9.98 Å². The average Bonchev–Trinajstić information content (AvgIpc) is 3.63. The molecule has 0 aliphatic carbocycles. The molecule has 0 radical (unpaired) electrons. The molecule has 0 saturated carbocycles. The van der Waals surface area contributed by atoms with E-state index in [-0.39, 0.29) is 6.17 Å². The maximum atomic E-state index is 6.25. The molecule has 1 aliphatic heterocycles. The van der Waals surface area contributed by atoms with Crippen LogP contribution < -0.4 is 5.32 Å². The van der Waals surface area contributed by atoms with Crippen LogP contribution in [0, 0.1) is 0 Å². The van der Waals surface area contributed by atoms with Crippen LogP contribution in [0.5, 0.6) is 0 Å². The summed E-state index contributed by atoms with van der Waals surface area (Å²) in [7, 11) is 0. The van der Waals surface area contributed by atoms with Gasteiger partial charge in [-0.25, -0.2) is 4.99 Å². The molecule has 1 atom stereocenters. The Morgan fingerprint density at radius 2 is 1.25 bits per heavy atom. The zero-order chi connectivity index (χ0) is 29.0. The SMILES string of the molecule is c1ccc(C2=NC(c3ccc(-n4c5ccccc5c5cc6oc7ccccc7c6cc54)cc3)=NC(c3ccccc3)[NH2+]2)cc1. The first kappa shape index (κ1) is 24.8. The van der Waals surface area contributed by atoms with Crippen LogP contribution in [0.3, 0.4) is 0 Å². The zero-order valence-corrected chi connectivity index (χ0v) is 23.8. The Balaban J connectivity index is 1.19. The standard InChI is InChI=1S/C39H26N4O/c1-3-11-25(12-4-1)37-40-38(26-13-5-2-6-14-26)42-39(41-37)27-19-21-28(22-20-27)43-33-17-9-7-15-29(33)31-24-36-32(23-34(31)43)30-16-8-10-18-35(30)44-36/h1-24,37H,(H,40,41,42)/p+1. The molecule has 0 spiro atoms. The molecule has 8 aromatic rings. The normalized spacial score (nSPS) is 15.2. The average molecular weight is 568 g/mol. The van der Waals surface area contributed by atoms with Crippen LogP contribution in [0.4, 0.5) is 0 Å². The van der Waals surface area contributed by atoms with E-state index in [1.165, 1.54) is 10.8 Å². The topological polar surface area (TPSA) is 59.4 Å². The van der Waals surface area contributed by atoms with Gasteiger partial charge in [0.05, 0.1) is 16.6 Å². The number of para-hydroxylation sites is 2. The van der Waals surface area contributed by atoms with Crippen molar-refractivity contribution >= 4 is 55.4 Å². The first-order valence-electron chi connectivity index (χ1n) is 14.9. The van der Waals surface area contributed by atoms with E-state index < -0.39 is 0 Å². The third-order valence-electron chi connectivity index (χ3n) is 8.57. The lowest BCUT2D eigenvalue weighted by Gasteiger charge is -2.19. The van der Waals surface area contributed by atoms with Crippen molar-refractivity contribution in [2.75, 3.05) is 0 Å². The van der Waals surface area contributed by atoms with Gasteiger partial charge < -0.3 is 8.98 Å². The summed E-state index contributed by atoms with van der Waals surface area (Å²) >= 11 is 0. The number of rotatable bonds is 4. The van der Waals surface area contributed by atoms with E-state index in [2.05, 4.69) is 131 Å². The van der Waals surface area contributed by atoms with Gasteiger partial charge in [-0.2, -0.15) is 4.99 Å². The number of amidine groups is 2. The Morgan fingerprint density at radius 1 is 0.545 bits per heavy atom. The van der Waals surface area contributed by atoms with E-state index in [4.69, 9.17) is 14.4 Å². The smallest absolute Gasteiger partial charge is 0.235 e. The monoisotopic (exact) mass is 567 g/mol. The molecule has 2 N–H and O–H groups in total. The van der Waals surface area contributed by atoms with Gasteiger partial charge in [0, 0.05) is 38.4 Å². The van der Waals surface area contributed by atoms with Gasteiger partial charge in [0.15, 0.2) is 5.84 Å². The van der Waals surface area contributed by atoms with E-state index in [0.717, 1.165) is 67.0 Å². The summed E-state index contributed by atoms with van der Waals surface area (Å²) in [6.45, 7) is 0. The van der Waals surface area contributed by atoms with Gasteiger partial charge in [0.1, 0.15) is 11.2 Å². The van der Waals surface area contributed by atoms with Crippen molar-refractivity contribution in [2.45, 2.75) is 6.17 Å². The molecule has 9 rings (SSSR count). The fourth-order valence-corrected chi connectivity index (χ4v) is 6.45. The summed E-state index contributed by atoms with van der Waals surface area (Å²) in [6.07, 6.45) is -0.108. The van der Waals surface area contributed by atoms with Crippen LogP contribution in [0.15, 0.2) is 160 Å². The molecule has 3 heterocycles. The zero-order valence-electron chi connectivity index (χ0n) is 23.8. The molecular weight excluding hydrogens is 540 g/mol. The second kappa shape index (κ2) is 9.90. The molecule has 5 heteroatoms. The predicted molar refractivity (Wildman–Crippen MR) is 179 cm³/mol. The Morgan fingerprint density at radius 3 is 2.07 bits per heavy atom. The van der Waals surface area contributed by atoms with Gasteiger partial charge in [-0.3, -0.25) is 5.32 Å². The Hall–Kier alpha value is -5.78. The molecule has 208 valence electrons. The number of furan rings is 1. The van der Waals surface area contributed by atoms with Gasteiger partial charge in [-0.05, 0) is 60.7 Å². The van der Waals surface area contributed by atoms with Gasteiger partial charge in [0.2, 0.25) is 12.0 Å². The highest BCUT2D eigenvalue weighted by Gasteiger charge is 2.25. The maximum Gasteiger partial charge on any atom is 0.235 e. The molecule has 0 fully saturated rings. The molecule has 6 aromatic carbocycles. The molecule has 0 saturated heterocycles. The van der Waals surface area contributed by atoms with Crippen LogP contribution in [-0.2, 0) is 0 Å². The van der Waals surface area contributed by atoms with Crippen LogP contribution in [0.1, 0.15) is 22.9 Å². The molecule has 1 aliphatic rings. The highest BCUT2D eigenvalue weighted by atomic mass is 16.3. The summed E-state index contributed by atoms with van der Waals surface area (Å²) in [5.74, 6) is 1.67. The number of nitrogens with two attached hydrogens (primary N) is 1. The number of quaternary nitrogens is 1. The number of hydrogen-bond donors (Lipinski definition) is 1. The lowest BCUT2D eigenvalue weighted by Crippen LogP contribution is -2.89. The molecule has 2 aromatic heterocycles. The van der Waals surface area contributed by atoms with E-state index in [9.17, 15) is 0 Å². The summed E-state index contributed by atoms with van der Waals surface area (Å²) in [5.41, 5.74) is 8.42. The van der Waals surface area contributed by atoms with Gasteiger partial charge >= 0.3 is 0 Å². The highest BCUT2D eigenvalue weighted by Crippen LogP contribution is 2.38. The lowest BCUT2D eigenvalue weighted by molar-refractivity contribution is -0.586. The van der Waals surface area contributed by atoms with Crippen LogP contribution in [0.25, 0.3) is 49.4 Å². The number of aliphatic imine (C=N–C) groups is 2. The number of fused-ring (bicyclic) bond motifs is 6. The molecule has 5 nitrogen and oxygen atoms in total. The number of benzene rings is 6. The van der Waals surface area contributed by atoms with Crippen molar-refractivity contribution in [1.29, 1.82) is 0 Å². The van der Waals surface area contributed by atoms with E-state index in [1.54, 1.807) is 0 Å². The van der Waals surface area contributed by atoms with Gasteiger partial charge in [0.25, 0.3) is 0 Å². The van der Waals surface area contributed by atoms with Crippen LogP contribution >= 0.6 is 0 Å². The third kappa shape index (κ3) is 3.98. The maximum absolute atomic E-state index is 6.25. The first-order chi connectivity index (χ1) is 21.8. The number of hydrogen-bond acceptors (Lipinski definition) is 3. The van der Waals surface area contributed by atoms with Crippen molar-refractivity contribution in [1.82, 2.24) is 4.57 Å². The van der Waals surface area contributed by atoms with Crippen molar-refractivity contribution < 1.29 is 9.73 Å². The van der Waals surface area contributed by atoms with Crippen molar-refractivity contribution in [3.8, 4) is 5.69 Å². The lowest BCUT2D eigenvalue weighted by atomic mass is 10.1. The summed E-state index contributed by atoms with van der Waals surface area (Å²) in [5, 5.41) is 6.77. The molecular formula is C39H27N4O+. The molecule has 44 heavy (non-hydrogen) atoms. The van der Waals surface area contributed by atoms with Gasteiger partial charge in [-0.15, -0.1) is 0 Å². The van der Waals surface area contributed by atoms with Crippen molar-refractivity contribution in [3.05, 3.63) is 162 Å². The molecule has 0 amide bonds. The largest absolute Gasteiger partial charge is 0.456 e. The van der Waals surface area contributed by atoms with E-state index in [0.29, 0.717) is 0 Å². The quantitative estimate of drug-likeness (QED) is 0.229. The van der Waals surface area contributed by atoms with Gasteiger partial charge in [-0.1, -0.05) is 84.9 Å². The Labute approximate surface area is 253 Å². The Kier molecular flexibility index (Phi) is 5.58. The second-order valence-corrected chi connectivity index (χ2v) is 11.2. The minimum absolute atomic E-state index is 0.108. The minimum atomic E-state index is -0.108.